The van der Waals surface area contributed by atoms with E-state index < -0.39 is 11.6 Å². The van der Waals surface area contributed by atoms with Crippen molar-refractivity contribution >= 4 is 0 Å². The van der Waals surface area contributed by atoms with Crippen molar-refractivity contribution in [3.8, 4) is 5.75 Å². The first-order chi connectivity index (χ1) is 10.5. The van der Waals surface area contributed by atoms with E-state index in [-0.39, 0.29) is 11.2 Å². The smallest absolute Gasteiger partial charge is 0.159 e. The van der Waals surface area contributed by atoms with E-state index in [1.807, 2.05) is 12.1 Å². The van der Waals surface area contributed by atoms with Crippen LogP contribution in [0, 0.1) is 17.6 Å². The summed E-state index contributed by atoms with van der Waals surface area (Å²) in [6.07, 6.45) is 3.92. The Morgan fingerprint density at radius 2 is 1.50 bits per heavy atom. The van der Waals surface area contributed by atoms with Crippen LogP contribution in [0.5, 0.6) is 5.75 Å². The quantitative estimate of drug-likeness (QED) is 0.811. The minimum Gasteiger partial charge on any atom is -0.508 e. The fourth-order valence-corrected chi connectivity index (χ4v) is 3.57. The maximum Gasteiger partial charge on any atom is 0.159 e. The third-order valence-electron chi connectivity index (χ3n) is 5.02. The van der Waals surface area contributed by atoms with Gasteiger partial charge in [0.15, 0.2) is 11.6 Å². The molecule has 0 aliphatic heterocycles. The molecule has 0 saturated heterocycles. The van der Waals surface area contributed by atoms with Crippen LogP contribution < -0.4 is 0 Å². The van der Waals surface area contributed by atoms with Crippen LogP contribution in [0.25, 0.3) is 0 Å². The maximum absolute atomic E-state index is 13.7. The summed E-state index contributed by atoms with van der Waals surface area (Å²) in [6.45, 7) is 2.23. The number of aromatic hydroxyl groups is 1. The van der Waals surface area contributed by atoms with Gasteiger partial charge in [0, 0.05) is 5.41 Å². The normalized spacial score (nSPS) is 25.1. The summed E-state index contributed by atoms with van der Waals surface area (Å²) in [4.78, 5) is 0. The van der Waals surface area contributed by atoms with Crippen molar-refractivity contribution in [2.45, 2.75) is 38.0 Å². The zero-order valence-corrected chi connectivity index (χ0v) is 12.7. The Morgan fingerprint density at radius 3 is 2.09 bits per heavy atom. The summed E-state index contributed by atoms with van der Waals surface area (Å²) >= 11 is 0. The highest BCUT2D eigenvalue weighted by Crippen LogP contribution is 2.46. The first-order valence-corrected chi connectivity index (χ1v) is 7.76. The van der Waals surface area contributed by atoms with Crippen LogP contribution in [0.3, 0.4) is 0 Å². The number of hydrogen-bond acceptors (Lipinski definition) is 1. The Kier molecular flexibility index (Phi) is 3.90. The standard InChI is InChI=1S/C19H20F2O/c1-13-8-10-19(11-9-13,14-2-5-16(22)6-3-14)15-4-7-17(20)18(21)12-15/h2-7,12-13,22H,8-11H2,1H3. The maximum atomic E-state index is 13.7. The Morgan fingerprint density at radius 1 is 0.909 bits per heavy atom. The van der Waals surface area contributed by atoms with Crippen molar-refractivity contribution in [1.82, 2.24) is 0 Å². The Bertz CT molecular complexity index is 656. The molecule has 0 radical (unpaired) electrons. The molecule has 1 aliphatic carbocycles. The highest BCUT2D eigenvalue weighted by molar-refractivity contribution is 5.42. The number of halogens is 2. The van der Waals surface area contributed by atoms with Crippen LogP contribution in [-0.2, 0) is 5.41 Å². The van der Waals surface area contributed by atoms with Crippen LogP contribution in [0.2, 0.25) is 0 Å². The van der Waals surface area contributed by atoms with E-state index in [2.05, 4.69) is 6.92 Å². The van der Waals surface area contributed by atoms with Crippen LogP contribution in [-0.4, -0.2) is 5.11 Å². The molecule has 0 aromatic heterocycles. The highest BCUT2D eigenvalue weighted by Gasteiger charge is 2.37. The summed E-state index contributed by atoms with van der Waals surface area (Å²) in [5.41, 5.74) is 1.58. The van der Waals surface area contributed by atoms with Gasteiger partial charge in [-0.25, -0.2) is 8.78 Å². The van der Waals surface area contributed by atoms with Crippen molar-refractivity contribution in [2.75, 3.05) is 0 Å². The molecule has 3 rings (SSSR count). The van der Waals surface area contributed by atoms with Crippen molar-refractivity contribution < 1.29 is 13.9 Å². The minimum atomic E-state index is -0.811. The van der Waals surface area contributed by atoms with Gasteiger partial charge in [0.25, 0.3) is 0 Å². The molecule has 0 amide bonds. The van der Waals surface area contributed by atoms with Crippen LogP contribution in [0.15, 0.2) is 42.5 Å². The summed E-state index contributed by atoms with van der Waals surface area (Å²) in [5, 5.41) is 9.52. The lowest BCUT2D eigenvalue weighted by Gasteiger charge is -2.40. The molecule has 0 unspecified atom stereocenters. The van der Waals surface area contributed by atoms with Gasteiger partial charge in [0.05, 0.1) is 0 Å². The van der Waals surface area contributed by atoms with Gasteiger partial charge in [-0.05, 0) is 67.0 Å². The van der Waals surface area contributed by atoms with Crippen LogP contribution in [0.4, 0.5) is 8.78 Å². The predicted molar refractivity (Wildman–Crippen MR) is 82.9 cm³/mol. The topological polar surface area (TPSA) is 20.2 Å². The van der Waals surface area contributed by atoms with Crippen molar-refractivity contribution in [2.24, 2.45) is 5.92 Å². The second-order valence-electron chi connectivity index (χ2n) is 6.44. The fourth-order valence-electron chi connectivity index (χ4n) is 3.57. The van der Waals surface area contributed by atoms with Gasteiger partial charge in [-0.3, -0.25) is 0 Å². The molecule has 0 spiro atoms. The van der Waals surface area contributed by atoms with Gasteiger partial charge in [-0.1, -0.05) is 25.1 Å². The van der Waals surface area contributed by atoms with Crippen LogP contribution in [0.1, 0.15) is 43.7 Å². The summed E-state index contributed by atoms with van der Waals surface area (Å²) < 4.78 is 27.0. The van der Waals surface area contributed by atoms with Crippen molar-refractivity contribution in [3.63, 3.8) is 0 Å². The SMILES string of the molecule is CC1CCC(c2ccc(O)cc2)(c2ccc(F)c(F)c2)CC1. The lowest BCUT2D eigenvalue weighted by atomic mass is 9.63. The van der Waals surface area contributed by atoms with E-state index >= 15 is 0 Å². The third-order valence-corrected chi connectivity index (χ3v) is 5.02. The van der Waals surface area contributed by atoms with E-state index in [1.165, 1.54) is 12.1 Å². The third kappa shape index (κ3) is 2.60. The molecule has 0 heterocycles. The Labute approximate surface area is 129 Å². The molecule has 1 nitrogen and oxygen atoms in total. The Balaban J connectivity index is 2.10. The molecule has 1 aliphatic rings. The molecule has 2 aromatic carbocycles. The minimum absolute atomic E-state index is 0.216. The van der Waals surface area contributed by atoms with Gasteiger partial charge < -0.3 is 5.11 Å². The van der Waals surface area contributed by atoms with E-state index in [0.29, 0.717) is 5.92 Å². The first kappa shape index (κ1) is 15.0. The van der Waals surface area contributed by atoms with Gasteiger partial charge in [-0.2, -0.15) is 0 Å². The summed E-state index contributed by atoms with van der Waals surface area (Å²) in [6, 6.07) is 11.4. The largest absolute Gasteiger partial charge is 0.508 e. The molecule has 116 valence electrons. The first-order valence-electron chi connectivity index (χ1n) is 7.76. The number of rotatable bonds is 2. The van der Waals surface area contributed by atoms with Crippen molar-refractivity contribution in [3.05, 3.63) is 65.2 Å². The molecule has 1 N–H and O–H groups in total. The molecule has 0 atom stereocenters. The molecular formula is C19H20F2O. The molecule has 1 saturated carbocycles. The zero-order chi connectivity index (χ0) is 15.7. The molecule has 3 heteroatoms. The number of hydrogen-bond donors (Lipinski definition) is 1. The number of benzene rings is 2. The average Bonchev–Trinajstić information content (AvgIpc) is 2.52. The lowest BCUT2D eigenvalue weighted by Crippen LogP contribution is -2.32. The predicted octanol–water partition coefficient (Wildman–Crippen LogP) is 5.17. The molecular weight excluding hydrogens is 282 g/mol. The number of phenolic OH excluding ortho intramolecular Hbond substituents is 1. The summed E-state index contributed by atoms with van der Waals surface area (Å²) in [5.74, 6) is -0.744. The van der Waals surface area contributed by atoms with Crippen molar-refractivity contribution in [1.29, 1.82) is 0 Å². The molecule has 0 bridgehead atoms. The number of phenols is 1. The average molecular weight is 302 g/mol. The highest BCUT2D eigenvalue weighted by atomic mass is 19.2. The van der Waals surface area contributed by atoms with Crippen LogP contribution >= 0.6 is 0 Å². The van der Waals surface area contributed by atoms with E-state index in [9.17, 15) is 13.9 Å². The van der Waals surface area contributed by atoms with Gasteiger partial charge in [0.2, 0.25) is 0 Å². The van der Waals surface area contributed by atoms with E-state index in [0.717, 1.165) is 36.8 Å². The fraction of sp³-hybridized carbons (Fsp3) is 0.368. The lowest BCUT2D eigenvalue weighted by molar-refractivity contribution is 0.279. The van der Waals surface area contributed by atoms with Gasteiger partial charge in [-0.15, -0.1) is 0 Å². The van der Waals surface area contributed by atoms with E-state index in [1.54, 1.807) is 18.2 Å². The molecule has 1 fully saturated rings. The second-order valence-corrected chi connectivity index (χ2v) is 6.44. The van der Waals surface area contributed by atoms with Gasteiger partial charge in [0.1, 0.15) is 5.75 Å². The van der Waals surface area contributed by atoms with Gasteiger partial charge >= 0.3 is 0 Å². The second kappa shape index (κ2) is 5.71. The van der Waals surface area contributed by atoms with E-state index in [4.69, 9.17) is 0 Å². The summed E-state index contributed by atoms with van der Waals surface area (Å²) in [7, 11) is 0. The molecule has 22 heavy (non-hydrogen) atoms. The molecule has 2 aromatic rings. The zero-order valence-electron chi connectivity index (χ0n) is 12.7. The monoisotopic (exact) mass is 302 g/mol. The Hall–Kier alpha value is -1.90.